The second kappa shape index (κ2) is 11.1. The molecule has 0 saturated heterocycles. The number of amides is 2. The zero-order valence-corrected chi connectivity index (χ0v) is 15.2. The number of carbonyl (C=O) groups excluding carboxylic acids is 3. The molecule has 6 nitrogen and oxygen atoms in total. The molecular formula is C19H26N2O4. The molecule has 0 spiro atoms. The van der Waals surface area contributed by atoms with Crippen LogP contribution in [0.1, 0.15) is 38.5 Å². The highest BCUT2D eigenvalue weighted by atomic mass is 16.5. The quantitative estimate of drug-likeness (QED) is 0.431. The van der Waals surface area contributed by atoms with E-state index >= 15 is 0 Å². The molecule has 1 rings (SSSR count). The Kier molecular flexibility index (Phi) is 9.09. The second-order valence-corrected chi connectivity index (χ2v) is 5.89. The summed E-state index contributed by atoms with van der Waals surface area (Å²) in [5.41, 5.74) is 1.49. The Labute approximate surface area is 149 Å². The van der Waals surface area contributed by atoms with E-state index in [-0.39, 0.29) is 30.7 Å². The number of allylic oxidation sites excluding steroid dienone is 2. The molecule has 0 radical (unpaired) electrons. The van der Waals surface area contributed by atoms with E-state index in [1.165, 1.54) is 7.11 Å². The van der Waals surface area contributed by atoms with Gasteiger partial charge in [-0.2, -0.15) is 0 Å². The first-order chi connectivity index (χ1) is 11.9. The van der Waals surface area contributed by atoms with Crippen molar-refractivity contribution in [3.63, 3.8) is 0 Å². The van der Waals surface area contributed by atoms with Crippen molar-refractivity contribution in [3.8, 4) is 11.8 Å². The van der Waals surface area contributed by atoms with Gasteiger partial charge in [0.05, 0.1) is 13.5 Å². The van der Waals surface area contributed by atoms with Crippen LogP contribution in [-0.2, 0) is 19.1 Å². The molecule has 0 aromatic rings. The average Bonchev–Trinajstić information content (AvgIpc) is 2.61. The third-order valence-corrected chi connectivity index (χ3v) is 3.65. The van der Waals surface area contributed by atoms with E-state index in [1.807, 2.05) is 6.08 Å². The molecule has 0 unspecified atom stereocenters. The van der Waals surface area contributed by atoms with Gasteiger partial charge in [0.15, 0.2) is 0 Å². The number of esters is 1. The Morgan fingerprint density at radius 1 is 1.28 bits per heavy atom. The van der Waals surface area contributed by atoms with Gasteiger partial charge in [-0.3, -0.25) is 14.4 Å². The maximum Gasteiger partial charge on any atom is 0.307 e. The lowest BCUT2D eigenvalue weighted by atomic mass is 9.99. The summed E-state index contributed by atoms with van der Waals surface area (Å²) in [4.78, 5) is 36.1. The molecule has 0 saturated carbocycles. The van der Waals surface area contributed by atoms with Crippen molar-refractivity contribution >= 4 is 17.8 Å². The fraction of sp³-hybridized carbons (Fsp3) is 0.526. The van der Waals surface area contributed by atoms with E-state index in [2.05, 4.69) is 21.9 Å². The first-order valence-electron chi connectivity index (χ1n) is 8.38. The fourth-order valence-electron chi connectivity index (χ4n) is 2.17. The van der Waals surface area contributed by atoms with Gasteiger partial charge >= 0.3 is 5.97 Å². The summed E-state index contributed by atoms with van der Waals surface area (Å²) in [7, 11) is 4.80. The molecule has 0 heterocycles. The largest absolute Gasteiger partial charge is 0.469 e. The highest BCUT2D eigenvalue weighted by Gasteiger charge is 2.12. The van der Waals surface area contributed by atoms with Crippen LogP contribution in [0.2, 0.25) is 0 Å². The summed E-state index contributed by atoms with van der Waals surface area (Å²) >= 11 is 0. The normalized spacial score (nSPS) is 12.9. The lowest BCUT2D eigenvalue weighted by Gasteiger charge is -2.10. The van der Waals surface area contributed by atoms with Crippen molar-refractivity contribution in [2.45, 2.75) is 38.5 Å². The lowest BCUT2D eigenvalue weighted by Crippen LogP contribution is -2.27. The Morgan fingerprint density at radius 2 is 2.04 bits per heavy atom. The number of hydrogen-bond donors (Lipinski definition) is 1. The van der Waals surface area contributed by atoms with Gasteiger partial charge in [0.25, 0.3) is 5.91 Å². The van der Waals surface area contributed by atoms with Crippen LogP contribution in [0.4, 0.5) is 0 Å². The molecule has 6 heteroatoms. The van der Waals surface area contributed by atoms with Gasteiger partial charge in [-0.25, -0.2) is 0 Å². The van der Waals surface area contributed by atoms with Crippen LogP contribution in [0.3, 0.4) is 0 Å². The Hall–Kier alpha value is -2.55. The molecule has 0 atom stereocenters. The maximum absolute atomic E-state index is 12.1. The monoisotopic (exact) mass is 346 g/mol. The molecule has 0 fully saturated rings. The minimum atomic E-state index is -0.354. The number of rotatable bonds is 7. The van der Waals surface area contributed by atoms with E-state index in [1.54, 1.807) is 25.1 Å². The Balaban J connectivity index is 2.43. The van der Waals surface area contributed by atoms with Crippen LogP contribution in [0.5, 0.6) is 0 Å². The van der Waals surface area contributed by atoms with Crippen molar-refractivity contribution in [1.82, 2.24) is 10.2 Å². The molecule has 0 aromatic carbocycles. The Bertz CT molecular complexity index is 621. The van der Waals surface area contributed by atoms with Gasteiger partial charge in [-0.1, -0.05) is 17.9 Å². The average molecular weight is 346 g/mol. The van der Waals surface area contributed by atoms with E-state index in [0.29, 0.717) is 18.4 Å². The second-order valence-electron chi connectivity index (χ2n) is 5.89. The molecule has 1 aliphatic rings. The number of nitrogens with zero attached hydrogens (tertiary/aromatic N) is 1. The third-order valence-electron chi connectivity index (χ3n) is 3.65. The number of unbranched alkanes of at least 4 members (excludes halogenated alkanes) is 1. The first kappa shape index (κ1) is 20.5. The van der Waals surface area contributed by atoms with E-state index in [0.717, 1.165) is 24.8 Å². The summed E-state index contributed by atoms with van der Waals surface area (Å²) in [5.74, 6) is 5.69. The smallest absolute Gasteiger partial charge is 0.307 e. The minimum Gasteiger partial charge on any atom is -0.469 e. The number of hydrogen-bond acceptors (Lipinski definition) is 4. The van der Waals surface area contributed by atoms with Crippen LogP contribution < -0.4 is 5.32 Å². The number of ether oxygens (including phenoxy) is 1. The van der Waals surface area contributed by atoms with Crippen LogP contribution in [0.25, 0.3) is 0 Å². The SMILES string of the molecule is COC(=O)CCNC(=O)C1=CCCC(C#CCCCC(=O)N(C)C)=C1. The summed E-state index contributed by atoms with van der Waals surface area (Å²) < 4.78 is 4.53. The molecular weight excluding hydrogens is 320 g/mol. The minimum absolute atomic E-state index is 0.104. The first-order valence-corrected chi connectivity index (χ1v) is 8.38. The molecule has 136 valence electrons. The molecule has 2 amide bonds. The summed E-state index contributed by atoms with van der Waals surface area (Å²) in [6.45, 7) is 0.248. The van der Waals surface area contributed by atoms with E-state index < -0.39 is 0 Å². The van der Waals surface area contributed by atoms with Crippen LogP contribution >= 0.6 is 0 Å². The zero-order valence-electron chi connectivity index (χ0n) is 15.2. The third kappa shape index (κ3) is 8.20. The van der Waals surface area contributed by atoms with Crippen molar-refractivity contribution < 1.29 is 19.1 Å². The van der Waals surface area contributed by atoms with Crippen molar-refractivity contribution in [3.05, 3.63) is 23.3 Å². The van der Waals surface area contributed by atoms with Crippen LogP contribution in [-0.4, -0.2) is 50.4 Å². The zero-order chi connectivity index (χ0) is 18.7. The van der Waals surface area contributed by atoms with E-state index in [4.69, 9.17) is 0 Å². The van der Waals surface area contributed by atoms with E-state index in [9.17, 15) is 14.4 Å². The lowest BCUT2D eigenvalue weighted by molar-refractivity contribution is -0.140. The van der Waals surface area contributed by atoms with Crippen LogP contribution in [0, 0.1) is 11.8 Å². The number of nitrogens with one attached hydrogen (secondary N) is 1. The van der Waals surface area contributed by atoms with Crippen molar-refractivity contribution in [2.75, 3.05) is 27.7 Å². The summed E-state index contributed by atoms with van der Waals surface area (Å²) in [5, 5.41) is 2.69. The molecule has 0 aromatic heterocycles. The standard InChI is InChI=1S/C19H26N2O4/c1-21(2)17(22)11-6-4-5-8-15-9-7-10-16(14-15)19(24)20-13-12-18(23)25-3/h10,14H,4,6-7,9,11-13H2,1-3H3,(H,20,24). The van der Waals surface area contributed by atoms with Crippen molar-refractivity contribution in [1.29, 1.82) is 0 Å². The highest BCUT2D eigenvalue weighted by molar-refractivity contribution is 5.96. The molecule has 25 heavy (non-hydrogen) atoms. The predicted octanol–water partition coefficient (Wildman–Crippen LogP) is 1.57. The van der Waals surface area contributed by atoms with Gasteiger partial charge < -0.3 is 15.0 Å². The van der Waals surface area contributed by atoms with Gasteiger partial charge in [-0.05, 0) is 25.3 Å². The predicted molar refractivity (Wildman–Crippen MR) is 95.4 cm³/mol. The molecule has 1 aliphatic carbocycles. The van der Waals surface area contributed by atoms with Gasteiger partial charge in [0.1, 0.15) is 0 Å². The fourth-order valence-corrected chi connectivity index (χ4v) is 2.17. The number of methoxy groups -OCH3 is 1. The van der Waals surface area contributed by atoms with Crippen molar-refractivity contribution in [2.24, 2.45) is 0 Å². The summed E-state index contributed by atoms with van der Waals surface area (Å²) in [6, 6.07) is 0. The maximum atomic E-state index is 12.1. The topological polar surface area (TPSA) is 75.7 Å². The van der Waals surface area contributed by atoms with Gasteiger partial charge in [0.2, 0.25) is 5.91 Å². The van der Waals surface area contributed by atoms with Gasteiger partial charge in [0, 0.05) is 44.6 Å². The summed E-state index contributed by atoms with van der Waals surface area (Å²) in [6.07, 6.45) is 7.26. The molecule has 0 aliphatic heterocycles. The number of carbonyl (C=O) groups is 3. The highest BCUT2D eigenvalue weighted by Crippen LogP contribution is 2.17. The molecule has 1 N–H and O–H groups in total. The Morgan fingerprint density at radius 3 is 2.72 bits per heavy atom. The van der Waals surface area contributed by atoms with Crippen LogP contribution in [0.15, 0.2) is 23.3 Å². The molecule has 0 bridgehead atoms. The van der Waals surface area contributed by atoms with Gasteiger partial charge in [-0.15, -0.1) is 0 Å².